The minimum atomic E-state index is 0.174. The highest BCUT2D eigenvalue weighted by Gasteiger charge is 2.09. The van der Waals surface area contributed by atoms with Gasteiger partial charge in [0.2, 0.25) is 5.89 Å². The Morgan fingerprint density at radius 1 is 1.14 bits per heavy atom. The molecule has 2 aromatic carbocycles. The molecule has 22 heavy (non-hydrogen) atoms. The molecule has 0 saturated carbocycles. The minimum Gasteiger partial charge on any atom is -0.508 e. The number of phenolic OH excluding ortho intramolecular Hbond substituents is 1. The van der Waals surface area contributed by atoms with Gasteiger partial charge in [-0.2, -0.15) is 0 Å². The highest BCUT2D eigenvalue weighted by molar-refractivity contribution is 6.50. The lowest BCUT2D eigenvalue weighted by atomic mass is 10.2. The zero-order valence-corrected chi connectivity index (χ0v) is 12.8. The van der Waals surface area contributed by atoms with Crippen LogP contribution in [0.4, 0.5) is 0 Å². The molecule has 0 aliphatic heterocycles. The fourth-order valence-electron chi connectivity index (χ4n) is 1.95. The fourth-order valence-corrected chi connectivity index (χ4v) is 2.29. The Balaban J connectivity index is 1.88. The molecule has 5 heteroatoms. The summed E-state index contributed by atoms with van der Waals surface area (Å²) in [4.78, 5) is 4.17. The van der Waals surface area contributed by atoms with Gasteiger partial charge in [0.05, 0.1) is 6.20 Å². The van der Waals surface area contributed by atoms with Crippen LogP contribution >= 0.6 is 23.2 Å². The first-order valence-corrected chi connectivity index (χ1v) is 7.26. The highest BCUT2D eigenvalue weighted by atomic mass is 35.5. The summed E-state index contributed by atoms with van der Waals surface area (Å²) in [7, 11) is 0. The van der Waals surface area contributed by atoms with Gasteiger partial charge >= 0.3 is 0 Å². The average molecular weight is 332 g/mol. The number of phenols is 1. The number of benzene rings is 2. The summed E-state index contributed by atoms with van der Waals surface area (Å²) < 4.78 is 5.66. The van der Waals surface area contributed by atoms with E-state index in [1.807, 2.05) is 18.2 Å². The van der Waals surface area contributed by atoms with Crippen LogP contribution in [0.3, 0.4) is 0 Å². The lowest BCUT2D eigenvalue weighted by Gasteiger charge is -1.98. The minimum absolute atomic E-state index is 0.174. The Kier molecular flexibility index (Phi) is 4.18. The van der Waals surface area contributed by atoms with E-state index in [1.165, 1.54) is 0 Å². The summed E-state index contributed by atoms with van der Waals surface area (Å²) in [6.45, 7) is 0. The Morgan fingerprint density at radius 3 is 2.64 bits per heavy atom. The predicted octanol–water partition coefficient (Wildman–Crippen LogP) is 5.44. The topological polar surface area (TPSA) is 46.3 Å². The Hall–Kier alpha value is -2.23. The maximum Gasteiger partial charge on any atom is 0.238 e. The van der Waals surface area contributed by atoms with Crippen LogP contribution in [0, 0.1) is 0 Å². The SMILES string of the molecule is Oc1cccc(/C=C(\Cl)c2ncc(-c3ccc(Cl)cc3)o2)c1. The van der Waals surface area contributed by atoms with Crippen molar-refractivity contribution >= 4 is 34.3 Å². The molecule has 0 spiro atoms. The highest BCUT2D eigenvalue weighted by Crippen LogP contribution is 2.28. The van der Waals surface area contributed by atoms with Gasteiger partial charge < -0.3 is 9.52 Å². The lowest BCUT2D eigenvalue weighted by molar-refractivity contribution is 0.475. The predicted molar refractivity (Wildman–Crippen MR) is 88.8 cm³/mol. The van der Waals surface area contributed by atoms with Gasteiger partial charge in [0.1, 0.15) is 10.8 Å². The molecule has 0 unspecified atom stereocenters. The van der Waals surface area contributed by atoms with Crippen molar-refractivity contribution < 1.29 is 9.52 Å². The van der Waals surface area contributed by atoms with E-state index in [9.17, 15) is 5.11 Å². The quantitative estimate of drug-likeness (QED) is 0.695. The average Bonchev–Trinajstić information content (AvgIpc) is 2.98. The Bertz CT molecular complexity index is 823. The number of hydrogen-bond acceptors (Lipinski definition) is 3. The maximum atomic E-state index is 9.45. The number of rotatable bonds is 3. The molecule has 0 atom stereocenters. The van der Waals surface area contributed by atoms with E-state index in [1.54, 1.807) is 42.6 Å². The standard InChI is InChI=1S/C17H11Cl2NO2/c18-13-6-4-12(5-7-13)16-10-20-17(22-16)15(19)9-11-2-1-3-14(21)8-11/h1-10,21H/b15-9-. The van der Waals surface area contributed by atoms with E-state index in [0.29, 0.717) is 21.7 Å². The lowest BCUT2D eigenvalue weighted by Crippen LogP contribution is -1.77. The van der Waals surface area contributed by atoms with E-state index < -0.39 is 0 Å². The summed E-state index contributed by atoms with van der Waals surface area (Å²) in [6, 6.07) is 14.0. The molecule has 1 heterocycles. The molecular formula is C17H11Cl2NO2. The number of nitrogens with zero attached hydrogens (tertiary/aromatic N) is 1. The smallest absolute Gasteiger partial charge is 0.238 e. The molecule has 0 fully saturated rings. The second-order valence-electron chi connectivity index (χ2n) is 4.62. The van der Waals surface area contributed by atoms with E-state index >= 15 is 0 Å². The third-order valence-electron chi connectivity index (χ3n) is 3.00. The van der Waals surface area contributed by atoms with Crippen molar-refractivity contribution in [2.75, 3.05) is 0 Å². The van der Waals surface area contributed by atoms with Gasteiger partial charge in [-0.3, -0.25) is 0 Å². The number of oxazole rings is 1. The Labute approximate surface area is 137 Å². The van der Waals surface area contributed by atoms with Gasteiger partial charge in [0.15, 0.2) is 5.76 Å². The van der Waals surface area contributed by atoms with Crippen LogP contribution in [0.1, 0.15) is 11.5 Å². The molecule has 3 nitrogen and oxygen atoms in total. The van der Waals surface area contributed by atoms with Crippen LogP contribution in [0.2, 0.25) is 5.02 Å². The van der Waals surface area contributed by atoms with Gasteiger partial charge in [0.25, 0.3) is 0 Å². The van der Waals surface area contributed by atoms with Gasteiger partial charge in [-0.25, -0.2) is 4.98 Å². The van der Waals surface area contributed by atoms with Crippen LogP contribution in [0.25, 0.3) is 22.4 Å². The number of halogens is 2. The van der Waals surface area contributed by atoms with Crippen molar-refractivity contribution in [2.45, 2.75) is 0 Å². The zero-order chi connectivity index (χ0) is 15.5. The van der Waals surface area contributed by atoms with E-state index in [0.717, 1.165) is 11.1 Å². The van der Waals surface area contributed by atoms with E-state index in [4.69, 9.17) is 27.6 Å². The molecule has 0 radical (unpaired) electrons. The van der Waals surface area contributed by atoms with Crippen LogP contribution in [-0.2, 0) is 0 Å². The molecule has 0 saturated heterocycles. The van der Waals surface area contributed by atoms with E-state index in [2.05, 4.69) is 4.98 Å². The summed E-state index contributed by atoms with van der Waals surface area (Å²) in [5, 5.41) is 10.5. The first-order valence-electron chi connectivity index (χ1n) is 6.50. The first kappa shape index (κ1) is 14.7. The second kappa shape index (κ2) is 6.26. The largest absolute Gasteiger partial charge is 0.508 e. The third-order valence-corrected chi connectivity index (χ3v) is 3.53. The first-order chi connectivity index (χ1) is 10.6. The monoisotopic (exact) mass is 331 g/mol. The molecular weight excluding hydrogens is 321 g/mol. The number of aromatic hydroxyl groups is 1. The van der Waals surface area contributed by atoms with Gasteiger partial charge in [-0.1, -0.05) is 35.3 Å². The Morgan fingerprint density at radius 2 is 1.91 bits per heavy atom. The molecule has 0 aliphatic rings. The molecule has 110 valence electrons. The van der Waals surface area contributed by atoms with Crippen LogP contribution < -0.4 is 0 Å². The number of aromatic nitrogens is 1. The molecule has 3 rings (SSSR count). The molecule has 0 aliphatic carbocycles. The third kappa shape index (κ3) is 3.32. The normalized spacial score (nSPS) is 11.6. The number of hydrogen-bond donors (Lipinski definition) is 1. The van der Waals surface area contributed by atoms with Crippen LogP contribution in [0.15, 0.2) is 59.1 Å². The molecule has 0 bridgehead atoms. The van der Waals surface area contributed by atoms with Crippen molar-refractivity contribution in [3.05, 3.63) is 71.2 Å². The molecule has 3 aromatic rings. The summed E-state index contributed by atoms with van der Waals surface area (Å²) in [5.41, 5.74) is 1.63. The van der Waals surface area contributed by atoms with Crippen molar-refractivity contribution in [1.82, 2.24) is 4.98 Å². The van der Waals surface area contributed by atoms with Crippen molar-refractivity contribution in [2.24, 2.45) is 0 Å². The molecule has 1 aromatic heterocycles. The van der Waals surface area contributed by atoms with Crippen molar-refractivity contribution in [3.8, 4) is 17.1 Å². The van der Waals surface area contributed by atoms with Gasteiger partial charge in [-0.15, -0.1) is 0 Å². The van der Waals surface area contributed by atoms with Gasteiger partial charge in [0, 0.05) is 10.6 Å². The summed E-state index contributed by atoms with van der Waals surface area (Å²) in [6.07, 6.45) is 3.29. The van der Waals surface area contributed by atoms with Crippen molar-refractivity contribution in [3.63, 3.8) is 0 Å². The fraction of sp³-hybridized carbons (Fsp3) is 0. The summed E-state index contributed by atoms with van der Waals surface area (Å²) >= 11 is 12.1. The van der Waals surface area contributed by atoms with Crippen LogP contribution in [-0.4, -0.2) is 10.1 Å². The second-order valence-corrected chi connectivity index (χ2v) is 5.47. The van der Waals surface area contributed by atoms with Gasteiger partial charge in [-0.05, 0) is 48.0 Å². The van der Waals surface area contributed by atoms with Crippen LogP contribution in [0.5, 0.6) is 5.75 Å². The zero-order valence-electron chi connectivity index (χ0n) is 11.3. The summed E-state index contributed by atoms with van der Waals surface area (Å²) in [5.74, 6) is 1.09. The molecule has 0 amide bonds. The van der Waals surface area contributed by atoms with Crippen molar-refractivity contribution in [1.29, 1.82) is 0 Å². The molecule has 1 N–H and O–H groups in total. The maximum absolute atomic E-state index is 9.45. The van der Waals surface area contributed by atoms with E-state index in [-0.39, 0.29) is 5.75 Å².